The summed E-state index contributed by atoms with van der Waals surface area (Å²) in [5, 5.41) is 21.2. The van der Waals surface area contributed by atoms with Crippen molar-refractivity contribution in [2.45, 2.75) is 6.10 Å². The molecule has 0 amide bonds. The number of imidazole rings is 1. The molecule has 1 heterocycles. The van der Waals surface area contributed by atoms with Crippen LogP contribution in [0.15, 0.2) is 36.9 Å². The second-order valence-corrected chi connectivity index (χ2v) is 4.41. The van der Waals surface area contributed by atoms with Crippen LogP contribution in [0.2, 0.25) is 0 Å². The largest absolute Gasteiger partial charge is 0.465 e. The van der Waals surface area contributed by atoms with Gasteiger partial charge >= 0.3 is 5.97 Å². The third-order valence-electron chi connectivity index (χ3n) is 2.95. The van der Waals surface area contributed by atoms with Crippen molar-refractivity contribution in [2.75, 3.05) is 25.6 Å². The van der Waals surface area contributed by atoms with E-state index in [-0.39, 0.29) is 13.2 Å². The van der Waals surface area contributed by atoms with Gasteiger partial charge < -0.3 is 24.8 Å². The Morgan fingerprint density at radius 2 is 2.33 bits per heavy atom. The lowest BCUT2D eigenvalue weighted by molar-refractivity contribution is 0.0601. The highest BCUT2D eigenvalue weighted by Gasteiger charge is 2.14. The van der Waals surface area contributed by atoms with Crippen molar-refractivity contribution in [1.29, 1.82) is 0 Å². The zero-order valence-electron chi connectivity index (χ0n) is 11.6. The van der Waals surface area contributed by atoms with Crippen molar-refractivity contribution in [3.63, 3.8) is 0 Å². The summed E-state index contributed by atoms with van der Waals surface area (Å²) in [6, 6.07) is 5.15. The summed E-state index contributed by atoms with van der Waals surface area (Å²) in [5.74, 6) is -0.479. The number of esters is 1. The Kier molecular flexibility index (Phi) is 4.91. The van der Waals surface area contributed by atoms with E-state index in [9.17, 15) is 9.90 Å². The molecule has 0 saturated heterocycles. The molecular weight excluding hydrogens is 274 g/mol. The summed E-state index contributed by atoms with van der Waals surface area (Å²) >= 11 is 0. The van der Waals surface area contributed by atoms with E-state index in [1.807, 2.05) is 0 Å². The van der Waals surface area contributed by atoms with E-state index in [0.717, 1.165) is 5.69 Å². The average Bonchev–Trinajstić information content (AvgIpc) is 3.05. The van der Waals surface area contributed by atoms with Gasteiger partial charge in [-0.2, -0.15) is 0 Å². The van der Waals surface area contributed by atoms with E-state index in [4.69, 9.17) is 9.84 Å². The SMILES string of the molecule is COC(=O)c1ccc(-n2ccnc2)cc1NCC(O)CO. The first kappa shape index (κ1) is 15.0. The number of ether oxygens (including phenoxy) is 1. The lowest BCUT2D eigenvalue weighted by Crippen LogP contribution is -2.24. The summed E-state index contributed by atoms with van der Waals surface area (Å²) in [5.41, 5.74) is 1.67. The number of nitrogens with one attached hydrogen (secondary N) is 1. The molecule has 1 atom stereocenters. The maximum Gasteiger partial charge on any atom is 0.339 e. The summed E-state index contributed by atoms with van der Waals surface area (Å²) in [7, 11) is 1.30. The van der Waals surface area contributed by atoms with Crippen LogP contribution < -0.4 is 5.32 Å². The Hall–Kier alpha value is -2.38. The fourth-order valence-corrected chi connectivity index (χ4v) is 1.83. The number of methoxy groups -OCH3 is 1. The van der Waals surface area contributed by atoms with E-state index < -0.39 is 12.1 Å². The van der Waals surface area contributed by atoms with Crippen LogP contribution in [0.3, 0.4) is 0 Å². The Morgan fingerprint density at radius 1 is 1.52 bits per heavy atom. The number of carbonyl (C=O) groups excluding carboxylic acids is 1. The highest BCUT2D eigenvalue weighted by molar-refractivity contribution is 5.96. The van der Waals surface area contributed by atoms with E-state index in [1.165, 1.54) is 7.11 Å². The number of rotatable bonds is 6. The van der Waals surface area contributed by atoms with Crippen LogP contribution in [0.25, 0.3) is 5.69 Å². The number of benzene rings is 1. The molecule has 1 aromatic heterocycles. The van der Waals surface area contributed by atoms with Crippen molar-refractivity contribution in [2.24, 2.45) is 0 Å². The van der Waals surface area contributed by atoms with E-state index in [2.05, 4.69) is 10.3 Å². The van der Waals surface area contributed by atoms with Gasteiger partial charge in [0, 0.05) is 24.6 Å². The molecule has 1 unspecified atom stereocenters. The molecule has 0 bridgehead atoms. The van der Waals surface area contributed by atoms with Gasteiger partial charge in [-0.15, -0.1) is 0 Å². The molecule has 0 aliphatic rings. The molecular formula is C14H17N3O4. The quantitative estimate of drug-likeness (QED) is 0.668. The number of anilines is 1. The molecule has 21 heavy (non-hydrogen) atoms. The fraction of sp³-hybridized carbons (Fsp3) is 0.286. The van der Waals surface area contributed by atoms with Gasteiger partial charge in [0.05, 0.1) is 37.4 Å². The summed E-state index contributed by atoms with van der Waals surface area (Å²) in [6.07, 6.45) is 4.16. The normalized spacial score (nSPS) is 12.0. The van der Waals surface area contributed by atoms with Crippen molar-refractivity contribution in [3.05, 3.63) is 42.5 Å². The highest BCUT2D eigenvalue weighted by Crippen LogP contribution is 2.21. The molecule has 7 nitrogen and oxygen atoms in total. The van der Waals surface area contributed by atoms with Crippen LogP contribution in [-0.2, 0) is 4.74 Å². The molecule has 0 saturated carbocycles. The first-order chi connectivity index (χ1) is 10.2. The predicted octanol–water partition coefficient (Wildman–Crippen LogP) is 0.424. The molecule has 0 radical (unpaired) electrons. The molecule has 2 rings (SSSR count). The number of hydrogen-bond acceptors (Lipinski definition) is 6. The minimum absolute atomic E-state index is 0.119. The predicted molar refractivity (Wildman–Crippen MR) is 76.5 cm³/mol. The molecule has 0 aliphatic carbocycles. The van der Waals surface area contributed by atoms with Gasteiger partial charge in [-0.3, -0.25) is 0 Å². The van der Waals surface area contributed by atoms with Crippen LogP contribution >= 0.6 is 0 Å². The highest BCUT2D eigenvalue weighted by atomic mass is 16.5. The Bertz CT molecular complexity index is 598. The van der Waals surface area contributed by atoms with Gasteiger partial charge in [0.1, 0.15) is 0 Å². The van der Waals surface area contributed by atoms with Crippen LogP contribution in [0.4, 0.5) is 5.69 Å². The lowest BCUT2D eigenvalue weighted by atomic mass is 10.1. The average molecular weight is 291 g/mol. The summed E-state index contributed by atoms with van der Waals surface area (Å²) in [6.45, 7) is -0.240. The van der Waals surface area contributed by atoms with Crippen LogP contribution in [-0.4, -0.2) is 52.1 Å². The smallest absolute Gasteiger partial charge is 0.339 e. The third kappa shape index (κ3) is 3.59. The van der Waals surface area contributed by atoms with Gasteiger partial charge in [-0.05, 0) is 18.2 Å². The molecule has 0 spiro atoms. The number of hydrogen-bond donors (Lipinski definition) is 3. The van der Waals surface area contributed by atoms with Gasteiger partial charge in [0.15, 0.2) is 0 Å². The summed E-state index contributed by atoms with van der Waals surface area (Å²) in [4.78, 5) is 15.7. The molecule has 3 N–H and O–H groups in total. The van der Waals surface area contributed by atoms with E-state index >= 15 is 0 Å². The van der Waals surface area contributed by atoms with Crippen molar-refractivity contribution >= 4 is 11.7 Å². The van der Waals surface area contributed by atoms with Gasteiger partial charge in [-0.25, -0.2) is 9.78 Å². The van der Waals surface area contributed by atoms with Crippen LogP contribution in [0.5, 0.6) is 0 Å². The standard InChI is InChI=1S/C14H17N3O4/c1-21-14(20)12-3-2-10(17-5-4-15-9-17)6-13(12)16-7-11(19)8-18/h2-6,9,11,16,18-19H,7-8H2,1H3. The third-order valence-corrected chi connectivity index (χ3v) is 2.95. The molecule has 0 aliphatic heterocycles. The second kappa shape index (κ2) is 6.87. The Labute approximate surface area is 121 Å². The molecule has 7 heteroatoms. The Balaban J connectivity index is 2.31. The number of nitrogens with zero attached hydrogens (tertiary/aromatic N) is 2. The molecule has 1 aromatic carbocycles. The first-order valence-corrected chi connectivity index (χ1v) is 6.39. The fourth-order valence-electron chi connectivity index (χ4n) is 1.83. The lowest BCUT2D eigenvalue weighted by Gasteiger charge is -2.15. The van der Waals surface area contributed by atoms with Crippen LogP contribution in [0, 0.1) is 0 Å². The first-order valence-electron chi connectivity index (χ1n) is 6.39. The van der Waals surface area contributed by atoms with E-state index in [1.54, 1.807) is 41.5 Å². The molecule has 112 valence electrons. The zero-order valence-corrected chi connectivity index (χ0v) is 11.6. The maximum absolute atomic E-state index is 11.8. The van der Waals surface area contributed by atoms with Crippen LogP contribution in [0.1, 0.15) is 10.4 Å². The van der Waals surface area contributed by atoms with Gasteiger partial charge in [-0.1, -0.05) is 0 Å². The minimum Gasteiger partial charge on any atom is -0.465 e. The zero-order chi connectivity index (χ0) is 15.2. The number of carbonyl (C=O) groups is 1. The second-order valence-electron chi connectivity index (χ2n) is 4.41. The van der Waals surface area contributed by atoms with Gasteiger partial charge in [0.2, 0.25) is 0 Å². The number of aliphatic hydroxyl groups is 2. The van der Waals surface area contributed by atoms with Crippen molar-refractivity contribution in [3.8, 4) is 5.69 Å². The molecule has 0 fully saturated rings. The maximum atomic E-state index is 11.8. The number of aliphatic hydroxyl groups excluding tert-OH is 2. The Morgan fingerprint density at radius 3 is 2.95 bits per heavy atom. The van der Waals surface area contributed by atoms with Crippen molar-refractivity contribution in [1.82, 2.24) is 9.55 Å². The monoisotopic (exact) mass is 291 g/mol. The van der Waals surface area contributed by atoms with Crippen molar-refractivity contribution < 1.29 is 19.7 Å². The van der Waals surface area contributed by atoms with Gasteiger partial charge in [0.25, 0.3) is 0 Å². The molecule has 2 aromatic rings. The van der Waals surface area contributed by atoms with E-state index in [0.29, 0.717) is 11.3 Å². The summed E-state index contributed by atoms with van der Waals surface area (Å²) < 4.78 is 6.52. The topological polar surface area (TPSA) is 96.6 Å². The minimum atomic E-state index is -0.910. The number of aromatic nitrogens is 2.